The molecule has 0 bridgehead atoms. The summed E-state index contributed by atoms with van der Waals surface area (Å²) in [4.78, 5) is 0. The Morgan fingerprint density at radius 2 is 1.33 bits per heavy atom. The number of hydrogen-bond acceptors (Lipinski definition) is 4. The summed E-state index contributed by atoms with van der Waals surface area (Å²) in [5.74, 6) is 0. The summed E-state index contributed by atoms with van der Waals surface area (Å²) in [6.45, 7) is -2.01. The molecule has 18 heavy (non-hydrogen) atoms. The van der Waals surface area contributed by atoms with Crippen molar-refractivity contribution in [2.24, 2.45) is 13.5 Å². The van der Waals surface area contributed by atoms with Crippen molar-refractivity contribution in [1.29, 1.82) is 0 Å². The average molecular weight is 342 g/mol. The first-order valence-corrected chi connectivity index (χ1v) is 8.42. The van der Waals surface area contributed by atoms with Crippen LogP contribution in [0.15, 0.2) is 13.5 Å². The fourth-order valence-electron chi connectivity index (χ4n) is 0.943. The van der Waals surface area contributed by atoms with Crippen LogP contribution in [0.4, 0.5) is 34.2 Å². The SMILES string of the molecule is CN(CC(F)(F)F)P1(F)=NP(F)(F)=NP(F)(F)=N1. The molecule has 1 heterocycles. The zero-order chi connectivity index (χ0) is 14.4. The van der Waals surface area contributed by atoms with Crippen LogP contribution < -0.4 is 0 Å². The highest BCUT2D eigenvalue weighted by Gasteiger charge is 2.44. The molecule has 0 saturated carbocycles. The summed E-state index contributed by atoms with van der Waals surface area (Å²) in [5.41, 5.74) is 0. The van der Waals surface area contributed by atoms with Crippen LogP contribution in [0.1, 0.15) is 0 Å². The van der Waals surface area contributed by atoms with E-state index in [0.29, 0.717) is 7.05 Å². The van der Waals surface area contributed by atoms with Crippen LogP contribution in [0.2, 0.25) is 0 Å². The monoisotopic (exact) mass is 342 g/mol. The molecule has 0 aromatic heterocycles. The van der Waals surface area contributed by atoms with Gasteiger partial charge in [-0.3, -0.25) is 0 Å². The molecule has 0 saturated heterocycles. The standard InChI is InChI=1S/C3H5F8N4P3/c1-15(2-3(4,5)6)18(11)13-16(7,8)12-17(9,10)14-18/h2H2,1H3. The lowest BCUT2D eigenvalue weighted by molar-refractivity contribution is -0.134. The third-order valence-electron chi connectivity index (χ3n) is 1.50. The van der Waals surface area contributed by atoms with Gasteiger partial charge in [-0.25, -0.2) is 4.67 Å². The number of hydrogen-bond donors (Lipinski definition) is 0. The highest BCUT2D eigenvalue weighted by atomic mass is 31.3. The van der Waals surface area contributed by atoms with Crippen molar-refractivity contribution in [3.63, 3.8) is 0 Å². The first kappa shape index (κ1) is 16.1. The molecule has 0 aromatic carbocycles. The van der Waals surface area contributed by atoms with E-state index in [2.05, 4.69) is 9.03 Å². The highest BCUT2D eigenvalue weighted by molar-refractivity contribution is 7.78. The molecule has 0 amide bonds. The summed E-state index contributed by atoms with van der Waals surface area (Å²) in [7, 11) is -17.0. The van der Waals surface area contributed by atoms with Crippen LogP contribution >= 0.6 is 23.3 Å². The van der Waals surface area contributed by atoms with Crippen LogP contribution in [-0.4, -0.2) is 24.4 Å². The van der Waals surface area contributed by atoms with Crippen LogP contribution in [0, 0.1) is 0 Å². The lowest BCUT2D eigenvalue weighted by atomic mass is 10.6. The van der Waals surface area contributed by atoms with E-state index in [9.17, 15) is 34.2 Å². The van der Waals surface area contributed by atoms with E-state index in [1.165, 1.54) is 0 Å². The molecular weight excluding hydrogens is 337 g/mol. The second kappa shape index (κ2) is 4.58. The fraction of sp³-hybridized carbons (Fsp3) is 1.00. The van der Waals surface area contributed by atoms with Crippen LogP contribution in [-0.2, 0) is 0 Å². The molecule has 1 atom stereocenters. The minimum absolute atomic E-state index is 0.358. The molecule has 108 valence electrons. The van der Waals surface area contributed by atoms with Crippen molar-refractivity contribution in [3.05, 3.63) is 0 Å². The van der Waals surface area contributed by atoms with Crippen LogP contribution in [0.3, 0.4) is 0 Å². The lowest BCUT2D eigenvalue weighted by Gasteiger charge is -2.25. The van der Waals surface area contributed by atoms with Gasteiger partial charge in [0.1, 0.15) is 6.54 Å². The number of nitrogens with zero attached hydrogens (tertiary/aromatic N) is 4. The van der Waals surface area contributed by atoms with E-state index in [4.69, 9.17) is 0 Å². The van der Waals surface area contributed by atoms with Crippen molar-refractivity contribution in [1.82, 2.24) is 4.67 Å². The Balaban J connectivity index is 3.27. The maximum atomic E-state index is 13.7. The van der Waals surface area contributed by atoms with Crippen molar-refractivity contribution in [3.8, 4) is 0 Å². The number of halogens is 8. The molecule has 0 spiro atoms. The highest BCUT2D eigenvalue weighted by Crippen LogP contribution is 2.82. The molecule has 15 heteroatoms. The molecule has 0 aromatic rings. The van der Waals surface area contributed by atoms with E-state index in [1.807, 2.05) is 0 Å². The van der Waals surface area contributed by atoms with Crippen molar-refractivity contribution < 1.29 is 34.2 Å². The third-order valence-corrected chi connectivity index (χ3v) is 7.78. The van der Waals surface area contributed by atoms with Crippen molar-refractivity contribution in [2.75, 3.05) is 13.6 Å². The zero-order valence-electron chi connectivity index (χ0n) is 8.36. The van der Waals surface area contributed by atoms with Gasteiger partial charge in [-0.2, -0.15) is 17.4 Å². The fourth-order valence-corrected chi connectivity index (χ4v) is 7.00. The predicted molar refractivity (Wildman–Crippen MR) is 52.3 cm³/mol. The maximum Gasteiger partial charge on any atom is 0.424 e. The smallest absolute Gasteiger partial charge is 0.220 e. The second-order valence-electron chi connectivity index (χ2n) is 3.11. The molecular formula is C3H5F8N4P3. The van der Waals surface area contributed by atoms with E-state index in [1.54, 1.807) is 4.52 Å². The first-order valence-electron chi connectivity index (χ1n) is 3.93. The molecule has 1 aliphatic rings. The minimum Gasteiger partial charge on any atom is -0.220 e. The van der Waals surface area contributed by atoms with Gasteiger partial charge in [-0.1, -0.05) is 0 Å². The Morgan fingerprint density at radius 1 is 0.889 bits per heavy atom. The molecule has 0 radical (unpaired) electrons. The Labute approximate surface area is 96.4 Å². The molecule has 1 unspecified atom stereocenters. The second-order valence-corrected chi connectivity index (χ2v) is 8.75. The average Bonchev–Trinajstić information content (AvgIpc) is 1.91. The van der Waals surface area contributed by atoms with Gasteiger partial charge in [-0.15, -0.1) is 30.3 Å². The number of rotatable bonds is 2. The summed E-state index contributed by atoms with van der Waals surface area (Å²) in [5, 5.41) is 0. The van der Waals surface area contributed by atoms with Gasteiger partial charge in [0.15, 0.2) is 0 Å². The van der Waals surface area contributed by atoms with E-state index < -0.39 is 36.0 Å². The van der Waals surface area contributed by atoms with Crippen molar-refractivity contribution >= 4 is 23.3 Å². The topological polar surface area (TPSA) is 40.3 Å². The summed E-state index contributed by atoms with van der Waals surface area (Å²) < 4.78 is 106. The van der Waals surface area contributed by atoms with Gasteiger partial charge in [0, 0.05) is 0 Å². The molecule has 1 rings (SSSR count). The van der Waals surface area contributed by atoms with Gasteiger partial charge in [0.2, 0.25) is 0 Å². The summed E-state index contributed by atoms with van der Waals surface area (Å²) in [6.07, 6.45) is -4.95. The maximum absolute atomic E-state index is 13.7. The Bertz CT molecular complexity index is 489. The molecule has 0 fully saturated rings. The Kier molecular flexibility index (Phi) is 4.11. The molecule has 4 nitrogen and oxygen atoms in total. The van der Waals surface area contributed by atoms with Crippen molar-refractivity contribution in [2.45, 2.75) is 6.18 Å². The molecule has 0 aliphatic carbocycles. The van der Waals surface area contributed by atoms with Crippen LogP contribution in [0.25, 0.3) is 0 Å². The summed E-state index contributed by atoms with van der Waals surface area (Å²) >= 11 is 0. The minimum atomic E-state index is -5.98. The van der Waals surface area contributed by atoms with E-state index in [0.717, 1.165) is 0 Å². The van der Waals surface area contributed by atoms with Gasteiger partial charge < -0.3 is 0 Å². The predicted octanol–water partition coefficient (Wildman–Crippen LogP) is 6.18. The van der Waals surface area contributed by atoms with E-state index in [-0.39, 0.29) is 4.67 Å². The molecule has 0 N–H and O–H groups in total. The zero-order valence-corrected chi connectivity index (χ0v) is 11.0. The van der Waals surface area contributed by atoms with Gasteiger partial charge in [0.25, 0.3) is 0 Å². The third kappa shape index (κ3) is 4.33. The Morgan fingerprint density at radius 3 is 1.72 bits per heavy atom. The van der Waals surface area contributed by atoms with Gasteiger partial charge in [-0.05, 0) is 7.05 Å². The largest absolute Gasteiger partial charge is 0.424 e. The Hall–Kier alpha value is 0.0900. The van der Waals surface area contributed by atoms with Gasteiger partial charge in [0.05, 0.1) is 0 Å². The molecule has 1 aliphatic heterocycles. The quantitative estimate of drug-likeness (QED) is 0.436. The van der Waals surface area contributed by atoms with Crippen LogP contribution in [0.5, 0.6) is 0 Å². The summed E-state index contributed by atoms with van der Waals surface area (Å²) in [6, 6.07) is 0. The first-order chi connectivity index (χ1) is 7.75. The number of alkyl halides is 3. The van der Waals surface area contributed by atoms with Gasteiger partial charge >= 0.3 is 29.5 Å². The lowest BCUT2D eigenvalue weighted by Crippen LogP contribution is -2.27. The van der Waals surface area contributed by atoms with E-state index >= 15 is 0 Å². The normalized spacial score (nSPS) is 30.3.